The van der Waals surface area contributed by atoms with Gasteiger partial charge in [-0.2, -0.15) is 0 Å². The van der Waals surface area contributed by atoms with Crippen molar-refractivity contribution in [2.24, 2.45) is 0 Å². The van der Waals surface area contributed by atoms with E-state index in [1.54, 1.807) is 6.92 Å². The lowest BCUT2D eigenvalue weighted by Gasteiger charge is -2.16. The zero-order valence-electron chi connectivity index (χ0n) is 9.01. The van der Waals surface area contributed by atoms with E-state index in [4.69, 9.17) is 4.74 Å². The topological polar surface area (TPSA) is 46.5 Å². The molecule has 0 bridgehead atoms. The van der Waals surface area contributed by atoms with Crippen LogP contribution in [0.3, 0.4) is 0 Å². The standard InChI is InChI=1S/C12H16O3/c1-9(15-10(2)13)8-12(14)11-6-4-3-5-7-11/h3-7,9,12,14H,8H2,1-2H3/t9-,12+/m0/s1. The maximum absolute atomic E-state index is 10.7. The van der Waals surface area contributed by atoms with Gasteiger partial charge in [0.15, 0.2) is 0 Å². The fraction of sp³-hybridized carbons (Fsp3) is 0.417. The molecule has 0 unspecified atom stereocenters. The van der Waals surface area contributed by atoms with Gasteiger partial charge in [0.25, 0.3) is 0 Å². The summed E-state index contributed by atoms with van der Waals surface area (Å²) in [6, 6.07) is 9.34. The Hall–Kier alpha value is -1.35. The molecule has 0 aliphatic heterocycles. The van der Waals surface area contributed by atoms with Gasteiger partial charge in [0.05, 0.1) is 6.10 Å². The van der Waals surface area contributed by atoms with Crippen LogP contribution in [0.5, 0.6) is 0 Å². The lowest BCUT2D eigenvalue weighted by Crippen LogP contribution is -2.15. The molecule has 1 rings (SSSR count). The second-order valence-electron chi connectivity index (χ2n) is 3.58. The van der Waals surface area contributed by atoms with E-state index in [1.807, 2.05) is 30.3 Å². The number of rotatable bonds is 4. The van der Waals surface area contributed by atoms with Crippen molar-refractivity contribution in [3.05, 3.63) is 35.9 Å². The van der Waals surface area contributed by atoms with Gasteiger partial charge in [0, 0.05) is 13.3 Å². The molecule has 1 N–H and O–H groups in total. The van der Waals surface area contributed by atoms with Crippen molar-refractivity contribution in [3.63, 3.8) is 0 Å². The largest absolute Gasteiger partial charge is 0.463 e. The summed E-state index contributed by atoms with van der Waals surface area (Å²) in [5.41, 5.74) is 0.844. The van der Waals surface area contributed by atoms with Gasteiger partial charge in [-0.1, -0.05) is 30.3 Å². The van der Waals surface area contributed by atoms with E-state index < -0.39 is 6.10 Å². The Morgan fingerprint density at radius 3 is 2.53 bits per heavy atom. The van der Waals surface area contributed by atoms with Crippen molar-refractivity contribution in [2.75, 3.05) is 0 Å². The number of hydrogen-bond donors (Lipinski definition) is 1. The SMILES string of the molecule is CC(=O)O[C@@H](C)C[C@@H](O)c1ccccc1. The van der Waals surface area contributed by atoms with Crippen molar-refractivity contribution in [2.45, 2.75) is 32.5 Å². The average molecular weight is 208 g/mol. The molecule has 2 atom stereocenters. The second-order valence-corrected chi connectivity index (χ2v) is 3.58. The molecule has 15 heavy (non-hydrogen) atoms. The lowest BCUT2D eigenvalue weighted by atomic mass is 10.0. The molecule has 0 saturated heterocycles. The smallest absolute Gasteiger partial charge is 0.302 e. The molecule has 0 aliphatic carbocycles. The molecule has 82 valence electrons. The molecular weight excluding hydrogens is 192 g/mol. The normalized spacial score (nSPS) is 14.3. The molecule has 0 spiro atoms. The molecule has 0 heterocycles. The molecule has 3 nitrogen and oxygen atoms in total. The van der Waals surface area contributed by atoms with Crippen LogP contribution in [0.1, 0.15) is 31.9 Å². The van der Waals surface area contributed by atoms with Gasteiger partial charge in [0.1, 0.15) is 6.10 Å². The van der Waals surface area contributed by atoms with Crippen LogP contribution in [0.4, 0.5) is 0 Å². The number of aliphatic hydroxyl groups excluding tert-OH is 1. The Morgan fingerprint density at radius 1 is 1.40 bits per heavy atom. The summed E-state index contributed by atoms with van der Waals surface area (Å²) in [4.78, 5) is 10.7. The number of hydrogen-bond acceptors (Lipinski definition) is 3. The molecule has 0 fully saturated rings. The number of esters is 1. The lowest BCUT2D eigenvalue weighted by molar-refractivity contribution is -0.146. The highest BCUT2D eigenvalue weighted by Crippen LogP contribution is 2.18. The summed E-state index contributed by atoms with van der Waals surface area (Å²) in [5, 5.41) is 9.81. The third kappa shape index (κ3) is 4.13. The van der Waals surface area contributed by atoms with Crippen LogP contribution >= 0.6 is 0 Å². The van der Waals surface area contributed by atoms with Crippen LogP contribution in [-0.2, 0) is 9.53 Å². The molecule has 0 aromatic heterocycles. The van der Waals surface area contributed by atoms with Gasteiger partial charge in [-0.15, -0.1) is 0 Å². The van der Waals surface area contributed by atoms with Crippen molar-refractivity contribution in [1.29, 1.82) is 0 Å². The minimum Gasteiger partial charge on any atom is -0.463 e. The van der Waals surface area contributed by atoms with Crippen LogP contribution < -0.4 is 0 Å². The highest BCUT2D eigenvalue weighted by atomic mass is 16.5. The van der Waals surface area contributed by atoms with E-state index in [0.29, 0.717) is 6.42 Å². The van der Waals surface area contributed by atoms with Crippen LogP contribution in [-0.4, -0.2) is 17.2 Å². The number of benzene rings is 1. The van der Waals surface area contributed by atoms with Crippen LogP contribution in [0.15, 0.2) is 30.3 Å². The first-order chi connectivity index (χ1) is 7.09. The second kappa shape index (κ2) is 5.51. The molecule has 1 aromatic carbocycles. The predicted octanol–water partition coefficient (Wildman–Crippen LogP) is 2.06. The number of carbonyl (C=O) groups is 1. The average Bonchev–Trinajstić information content (AvgIpc) is 2.17. The van der Waals surface area contributed by atoms with E-state index >= 15 is 0 Å². The quantitative estimate of drug-likeness (QED) is 0.770. The Labute approximate surface area is 89.7 Å². The molecule has 0 radical (unpaired) electrons. The van der Waals surface area contributed by atoms with Crippen LogP contribution in [0, 0.1) is 0 Å². The van der Waals surface area contributed by atoms with Crippen LogP contribution in [0.25, 0.3) is 0 Å². The molecule has 0 saturated carbocycles. The van der Waals surface area contributed by atoms with E-state index in [1.165, 1.54) is 6.92 Å². The minimum atomic E-state index is -0.583. The first kappa shape index (κ1) is 11.7. The van der Waals surface area contributed by atoms with E-state index in [-0.39, 0.29) is 12.1 Å². The maximum Gasteiger partial charge on any atom is 0.302 e. The van der Waals surface area contributed by atoms with Crippen LogP contribution in [0.2, 0.25) is 0 Å². The molecule has 3 heteroatoms. The zero-order valence-corrected chi connectivity index (χ0v) is 9.01. The van der Waals surface area contributed by atoms with Crippen molar-refractivity contribution >= 4 is 5.97 Å². The number of ether oxygens (including phenoxy) is 1. The monoisotopic (exact) mass is 208 g/mol. The van der Waals surface area contributed by atoms with Crippen molar-refractivity contribution in [1.82, 2.24) is 0 Å². The number of carbonyl (C=O) groups excluding carboxylic acids is 1. The Morgan fingerprint density at radius 2 is 2.00 bits per heavy atom. The van der Waals surface area contributed by atoms with Gasteiger partial charge in [-0.3, -0.25) is 4.79 Å². The third-order valence-electron chi connectivity index (χ3n) is 2.11. The highest BCUT2D eigenvalue weighted by Gasteiger charge is 2.13. The van der Waals surface area contributed by atoms with Gasteiger partial charge in [-0.25, -0.2) is 0 Å². The summed E-state index contributed by atoms with van der Waals surface area (Å²) in [5.74, 6) is -0.317. The summed E-state index contributed by atoms with van der Waals surface area (Å²) in [6.07, 6.45) is -0.429. The fourth-order valence-corrected chi connectivity index (χ4v) is 1.46. The molecular formula is C12H16O3. The Kier molecular flexibility index (Phi) is 4.31. The summed E-state index contributed by atoms with van der Waals surface area (Å²) >= 11 is 0. The number of aliphatic hydroxyl groups is 1. The Bertz CT molecular complexity index is 308. The maximum atomic E-state index is 10.7. The minimum absolute atomic E-state index is 0.266. The molecule has 0 aliphatic rings. The first-order valence-corrected chi connectivity index (χ1v) is 5.00. The first-order valence-electron chi connectivity index (χ1n) is 5.00. The molecule has 0 amide bonds. The van der Waals surface area contributed by atoms with E-state index in [9.17, 15) is 9.90 Å². The fourth-order valence-electron chi connectivity index (χ4n) is 1.46. The Balaban J connectivity index is 2.49. The van der Waals surface area contributed by atoms with E-state index in [0.717, 1.165) is 5.56 Å². The highest BCUT2D eigenvalue weighted by molar-refractivity contribution is 5.66. The third-order valence-corrected chi connectivity index (χ3v) is 2.11. The van der Waals surface area contributed by atoms with Gasteiger partial charge < -0.3 is 9.84 Å². The van der Waals surface area contributed by atoms with Crippen molar-refractivity contribution in [3.8, 4) is 0 Å². The summed E-state index contributed by atoms with van der Waals surface area (Å²) in [7, 11) is 0. The van der Waals surface area contributed by atoms with E-state index in [2.05, 4.69) is 0 Å². The van der Waals surface area contributed by atoms with Gasteiger partial charge in [-0.05, 0) is 12.5 Å². The van der Waals surface area contributed by atoms with Gasteiger partial charge in [0.2, 0.25) is 0 Å². The zero-order chi connectivity index (χ0) is 11.3. The van der Waals surface area contributed by atoms with Gasteiger partial charge >= 0.3 is 5.97 Å². The predicted molar refractivity (Wildman–Crippen MR) is 57.2 cm³/mol. The molecule has 1 aromatic rings. The summed E-state index contributed by atoms with van der Waals surface area (Å²) in [6.45, 7) is 3.14. The summed E-state index contributed by atoms with van der Waals surface area (Å²) < 4.78 is 4.94. The van der Waals surface area contributed by atoms with Crippen molar-refractivity contribution < 1.29 is 14.6 Å².